The highest BCUT2D eigenvalue weighted by Gasteiger charge is 2.54. The van der Waals surface area contributed by atoms with Gasteiger partial charge in [0.05, 0.1) is 11.0 Å². The van der Waals surface area contributed by atoms with Crippen LogP contribution in [0, 0.1) is 29.1 Å². The van der Waals surface area contributed by atoms with Crippen molar-refractivity contribution in [2.75, 3.05) is 11.9 Å². The molecule has 0 unspecified atom stereocenters. The summed E-state index contributed by atoms with van der Waals surface area (Å²) in [6.07, 6.45) is 6.97. The number of nitrogens with one attached hydrogen (secondary N) is 2. The van der Waals surface area contributed by atoms with Crippen molar-refractivity contribution in [3.05, 3.63) is 29.8 Å². The first-order valence-electron chi connectivity index (χ1n) is 11.6. The van der Waals surface area contributed by atoms with E-state index in [9.17, 15) is 14.4 Å². The van der Waals surface area contributed by atoms with Crippen LogP contribution in [0.1, 0.15) is 69.7 Å². The van der Waals surface area contributed by atoms with E-state index in [4.69, 9.17) is 4.74 Å². The van der Waals surface area contributed by atoms with Gasteiger partial charge in [-0.05, 0) is 93.4 Å². The predicted octanol–water partition coefficient (Wildman–Crippen LogP) is 4.16. The molecule has 0 radical (unpaired) electrons. The topological polar surface area (TPSA) is 84.5 Å². The predicted molar refractivity (Wildman–Crippen MR) is 118 cm³/mol. The average molecular weight is 427 g/mol. The van der Waals surface area contributed by atoms with E-state index in [-0.39, 0.29) is 29.9 Å². The monoisotopic (exact) mass is 426 g/mol. The van der Waals surface area contributed by atoms with Crippen LogP contribution < -0.4 is 10.6 Å². The van der Waals surface area contributed by atoms with E-state index >= 15 is 0 Å². The zero-order chi connectivity index (χ0) is 22.2. The summed E-state index contributed by atoms with van der Waals surface area (Å²) in [6, 6.07) is 6.74. The van der Waals surface area contributed by atoms with Crippen molar-refractivity contribution in [3.63, 3.8) is 0 Å². The van der Waals surface area contributed by atoms with Crippen LogP contribution in [0.2, 0.25) is 0 Å². The van der Waals surface area contributed by atoms with Crippen LogP contribution in [0.25, 0.3) is 0 Å². The Hall–Kier alpha value is -2.37. The standard InChI is InChI=1S/C25H34N2O4/c1-15(2)16(3)26-22(28)14-31-23(29)20-4-6-21(7-5-20)27-24(30)25-11-17-8-18(12-25)10-19(9-17)13-25/h4-7,15-19H,8-14H2,1-3H3,(H,26,28)(H,27,30)/t16-,17?,18?,19?,25?/m0/s1. The fourth-order valence-corrected chi connectivity index (χ4v) is 6.02. The summed E-state index contributed by atoms with van der Waals surface area (Å²) in [7, 11) is 0. The summed E-state index contributed by atoms with van der Waals surface area (Å²) < 4.78 is 5.12. The molecule has 4 aliphatic rings. The number of esters is 1. The molecular formula is C25H34N2O4. The Morgan fingerprint density at radius 2 is 1.52 bits per heavy atom. The number of ether oxygens (including phenoxy) is 1. The SMILES string of the molecule is CC(C)[C@H](C)NC(=O)COC(=O)c1ccc(NC(=O)C23CC4CC(CC(C4)C2)C3)cc1. The molecule has 168 valence electrons. The normalized spacial score (nSPS) is 29.5. The molecule has 31 heavy (non-hydrogen) atoms. The molecule has 6 nitrogen and oxygen atoms in total. The Labute approximate surface area is 184 Å². The Kier molecular flexibility index (Phi) is 6.09. The number of anilines is 1. The summed E-state index contributed by atoms with van der Waals surface area (Å²) in [6.45, 7) is 5.64. The van der Waals surface area contributed by atoms with Gasteiger partial charge in [-0.15, -0.1) is 0 Å². The molecular weight excluding hydrogens is 392 g/mol. The summed E-state index contributed by atoms with van der Waals surface area (Å²) in [5, 5.41) is 5.90. The molecule has 5 rings (SSSR count). The smallest absolute Gasteiger partial charge is 0.338 e. The quantitative estimate of drug-likeness (QED) is 0.641. The number of carbonyl (C=O) groups excluding carboxylic acids is 3. The zero-order valence-electron chi connectivity index (χ0n) is 18.8. The van der Waals surface area contributed by atoms with E-state index in [1.54, 1.807) is 24.3 Å². The number of carbonyl (C=O) groups is 3. The van der Waals surface area contributed by atoms with Crippen LogP contribution in [0.3, 0.4) is 0 Å². The van der Waals surface area contributed by atoms with Crippen molar-refractivity contribution < 1.29 is 19.1 Å². The van der Waals surface area contributed by atoms with E-state index in [0.717, 1.165) is 37.0 Å². The lowest BCUT2D eigenvalue weighted by atomic mass is 9.49. The molecule has 2 amide bonds. The molecule has 0 spiro atoms. The largest absolute Gasteiger partial charge is 0.452 e. The average Bonchev–Trinajstić information content (AvgIpc) is 2.71. The Balaban J connectivity index is 1.30. The maximum Gasteiger partial charge on any atom is 0.338 e. The van der Waals surface area contributed by atoms with Crippen molar-refractivity contribution in [2.45, 2.75) is 65.3 Å². The number of hydrogen-bond acceptors (Lipinski definition) is 4. The van der Waals surface area contributed by atoms with Gasteiger partial charge < -0.3 is 15.4 Å². The Morgan fingerprint density at radius 1 is 0.968 bits per heavy atom. The Morgan fingerprint density at radius 3 is 2.03 bits per heavy atom. The van der Waals surface area contributed by atoms with Crippen molar-refractivity contribution in [2.24, 2.45) is 29.1 Å². The lowest BCUT2D eigenvalue weighted by Gasteiger charge is -2.55. The Bertz CT molecular complexity index is 810. The molecule has 1 aromatic rings. The molecule has 4 fully saturated rings. The molecule has 0 aromatic heterocycles. The molecule has 0 aliphatic heterocycles. The summed E-state index contributed by atoms with van der Waals surface area (Å²) in [5.41, 5.74) is 0.852. The fourth-order valence-electron chi connectivity index (χ4n) is 6.02. The minimum absolute atomic E-state index is 0.0167. The summed E-state index contributed by atoms with van der Waals surface area (Å²) in [5.74, 6) is 1.73. The van der Waals surface area contributed by atoms with Crippen LogP contribution in [0.5, 0.6) is 0 Å². The van der Waals surface area contributed by atoms with Gasteiger partial charge in [0.1, 0.15) is 0 Å². The van der Waals surface area contributed by atoms with Crippen LogP contribution in [-0.2, 0) is 14.3 Å². The van der Waals surface area contributed by atoms with Crippen LogP contribution in [-0.4, -0.2) is 30.4 Å². The van der Waals surface area contributed by atoms with Gasteiger partial charge in [-0.25, -0.2) is 4.79 Å². The minimum Gasteiger partial charge on any atom is -0.452 e. The summed E-state index contributed by atoms with van der Waals surface area (Å²) in [4.78, 5) is 37.3. The lowest BCUT2D eigenvalue weighted by molar-refractivity contribution is -0.140. The maximum absolute atomic E-state index is 13.2. The van der Waals surface area contributed by atoms with Gasteiger partial charge in [0.15, 0.2) is 6.61 Å². The highest BCUT2D eigenvalue weighted by atomic mass is 16.5. The summed E-state index contributed by atoms with van der Waals surface area (Å²) >= 11 is 0. The van der Waals surface area contributed by atoms with Crippen LogP contribution in [0.4, 0.5) is 5.69 Å². The molecule has 4 bridgehead atoms. The third-order valence-electron chi connectivity index (χ3n) is 7.62. The van der Waals surface area contributed by atoms with Gasteiger partial charge in [-0.1, -0.05) is 13.8 Å². The second-order valence-corrected chi connectivity index (χ2v) is 10.4. The molecule has 6 heteroatoms. The fraction of sp³-hybridized carbons (Fsp3) is 0.640. The van der Waals surface area contributed by atoms with E-state index in [0.29, 0.717) is 17.2 Å². The molecule has 4 saturated carbocycles. The first-order chi connectivity index (χ1) is 14.7. The van der Waals surface area contributed by atoms with Crippen molar-refractivity contribution in [3.8, 4) is 0 Å². The van der Waals surface area contributed by atoms with E-state index < -0.39 is 5.97 Å². The molecule has 1 aromatic carbocycles. The number of benzene rings is 1. The van der Waals surface area contributed by atoms with Gasteiger partial charge in [-0.2, -0.15) is 0 Å². The van der Waals surface area contributed by atoms with Crippen LogP contribution >= 0.6 is 0 Å². The highest BCUT2D eigenvalue weighted by Crippen LogP contribution is 2.60. The van der Waals surface area contributed by atoms with Crippen molar-refractivity contribution in [1.82, 2.24) is 5.32 Å². The van der Waals surface area contributed by atoms with Crippen LogP contribution in [0.15, 0.2) is 24.3 Å². The van der Waals surface area contributed by atoms with Crippen molar-refractivity contribution >= 4 is 23.5 Å². The number of hydrogen-bond donors (Lipinski definition) is 2. The minimum atomic E-state index is -0.550. The molecule has 0 heterocycles. The first kappa shape index (κ1) is 21.8. The second-order valence-electron chi connectivity index (χ2n) is 10.4. The molecule has 4 aliphatic carbocycles. The molecule has 2 N–H and O–H groups in total. The maximum atomic E-state index is 13.2. The van der Waals surface area contributed by atoms with Gasteiger partial charge >= 0.3 is 5.97 Å². The highest BCUT2D eigenvalue weighted by molar-refractivity contribution is 5.96. The van der Waals surface area contributed by atoms with Gasteiger partial charge in [0.2, 0.25) is 5.91 Å². The zero-order valence-corrected chi connectivity index (χ0v) is 18.8. The number of amides is 2. The van der Waals surface area contributed by atoms with E-state index in [2.05, 4.69) is 10.6 Å². The van der Waals surface area contributed by atoms with Gasteiger partial charge in [0, 0.05) is 11.7 Å². The molecule has 1 atom stereocenters. The third-order valence-corrected chi connectivity index (χ3v) is 7.62. The van der Waals surface area contributed by atoms with Crippen molar-refractivity contribution in [1.29, 1.82) is 0 Å². The van der Waals surface area contributed by atoms with Gasteiger partial charge in [-0.3, -0.25) is 9.59 Å². The molecule has 0 saturated heterocycles. The number of rotatable bonds is 7. The van der Waals surface area contributed by atoms with Gasteiger partial charge in [0.25, 0.3) is 5.91 Å². The second kappa shape index (κ2) is 8.64. The van der Waals surface area contributed by atoms with E-state index in [1.807, 2.05) is 20.8 Å². The van der Waals surface area contributed by atoms with E-state index in [1.165, 1.54) is 19.3 Å². The third kappa shape index (κ3) is 4.78. The lowest BCUT2D eigenvalue weighted by Crippen LogP contribution is -2.51. The first-order valence-corrected chi connectivity index (χ1v) is 11.6.